The van der Waals surface area contributed by atoms with E-state index in [-0.39, 0.29) is 54.2 Å². The van der Waals surface area contributed by atoms with E-state index in [1.165, 1.54) is 24.3 Å². The summed E-state index contributed by atoms with van der Waals surface area (Å²) in [5, 5.41) is 68.7. The van der Waals surface area contributed by atoms with E-state index in [4.69, 9.17) is 24.4 Å². The number of aromatic hydroxyl groups is 2. The maximum absolute atomic E-state index is 12.3. The molecule has 1 atom stereocenters. The molecule has 64 heavy (non-hydrogen) atoms. The number of carbonyl (C=O) groups excluding carboxylic acids is 3. The molecule has 1 unspecified atom stereocenters. The van der Waals surface area contributed by atoms with Crippen molar-refractivity contribution >= 4 is 78.6 Å². The molecule has 0 saturated heterocycles. The number of carboxylic acids is 3. The highest BCUT2D eigenvalue weighted by atomic mass is 32.2. The van der Waals surface area contributed by atoms with Gasteiger partial charge in [0.2, 0.25) is 5.91 Å². The van der Waals surface area contributed by atoms with Gasteiger partial charge >= 0.3 is 17.9 Å². The number of benzene rings is 4. The molecule has 10 N–H and O–H groups in total. The van der Waals surface area contributed by atoms with Crippen molar-refractivity contribution in [3.63, 3.8) is 0 Å². The van der Waals surface area contributed by atoms with Crippen molar-refractivity contribution in [2.45, 2.75) is 25.3 Å². The number of nitrogens with zero attached hydrogens (tertiary/aromatic N) is 4. The highest BCUT2D eigenvalue weighted by Crippen LogP contribution is 2.27. The average molecular weight is 930 g/mol. The number of phenols is 2. The average Bonchev–Trinajstić information content (AvgIpc) is 3.20. The Bertz CT molecular complexity index is 2640. The fourth-order valence-corrected chi connectivity index (χ4v) is 5.59. The van der Waals surface area contributed by atoms with Gasteiger partial charge in [0.15, 0.2) is 0 Å². The number of hydrogen-bond acceptors (Lipinski definition) is 16. The summed E-state index contributed by atoms with van der Waals surface area (Å²) in [7, 11) is -8.40. The van der Waals surface area contributed by atoms with Crippen LogP contribution in [0, 0.1) is 0 Å². The number of azo groups is 2. The number of hydrogen-bond donors (Lipinski definition) is 10. The van der Waals surface area contributed by atoms with Crippen molar-refractivity contribution in [3.8, 4) is 11.5 Å². The summed E-state index contributed by atoms with van der Waals surface area (Å²) in [6, 6.07) is 18.5. The standard InChI is InChI=1S/C19H22N4O9S2.C19H17N3O8/c24-17-6-5-15(12-16(17)19(26)21-8-10-34(30,31)32)23-22-14-3-1-13(2-4-14)11-18(25)20-7-9-33(27,28)29;23-15-6-5-12(22-21-11-3-1-10(2-4-11)7-16(24)25)8-13(15)18(28)20-14(19(29)30)9-17(26)27/h1-6,12,24H,7-11H2,(H,20,25)(H,21,26)(H,27,28,29)(H,30,31,32);1-6,8,14,23H,7,9H2,(H,20,28)(H,24,25)(H,26,27)(H,29,30). The van der Waals surface area contributed by atoms with E-state index in [9.17, 15) is 55.8 Å². The van der Waals surface area contributed by atoms with Crippen molar-refractivity contribution in [1.29, 1.82) is 0 Å². The number of carboxylic acid groups (broad SMARTS) is 3. The summed E-state index contributed by atoms with van der Waals surface area (Å²) >= 11 is 0. The van der Waals surface area contributed by atoms with Crippen LogP contribution in [0.2, 0.25) is 0 Å². The third kappa shape index (κ3) is 18.9. The lowest BCUT2D eigenvalue weighted by Gasteiger charge is -2.13. The molecule has 3 amide bonds. The minimum absolute atomic E-state index is 0.0169. The first-order valence-corrected chi connectivity index (χ1v) is 21.3. The van der Waals surface area contributed by atoms with Crippen LogP contribution in [0.5, 0.6) is 11.5 Å². The minimum Gasteiger partial charge on any atom is -0.507 e. The molecule has 4 aromatic carbocycles. The quantitative estimate of drug-likeness (QED) is 0.0449. The van der Waals surface area contributed by atoms with Crippen LogP contribution in [0.1, 0.15) is 38.3 Å². The summed E-state index contributed by atoms with van der Waals surface area (Å²) in [5.41, 5.74) is 1.95. The Morgan fingerprint density at radius 3 is 1.36 bits per heavy atom. The van der Waals surface area contributed by atoms with Crippen LogP contribution in [0.4, 0.5) is 22.7 Å². The molecular formula is C38H39N7O17S2. The van der Waals surface area contributed by atoms with E-state index in [0.29, 0.717) is 22.5 Å². The van der Waals surface area contributed by atoms with Gasteiger partial charge in [-0.25, -0.2) is 4.79 Å². The van der Waals surface area contributed by atoms with Gasteiger partial charge in [-0.15, -0.1) is 0 Å². The summed E-state index contributed by atoms with van der Waals surface area (Å²) in [6.45, 7) is -0.565. The molecule has 0 spiro atoms. The SMILES string of the molecule is O=C(Cc1ccc(N=Nc2ccc(O)c(C(=O)NCCS(=O)(=O)O)c2)cc1)NCCS(=O)(=O)O.O=C(O)Cc1ccc(N=Nc2ccc(O)c(C(=O)NC(CC(=O)O)C(=O)O)c2)cc1. The Hall–Kier alpha value is -7.68. The van der Waals surface area contributed by atoms with E-state index in [1.54, 1.807) is 48.5 Å². The van der Waals surface area contributed by atoms with Gasteiger partial charge in [-0.3, -0.25) is 33.1 Å². The molecular weight excluding hydrogens is 891 g/mol. The lowest BCUT2D eigenvalue weighted by Crippen LogP contribution is -2.42. The normalized spacial score (nSPS) is 11.8. The van der Waals surface area contributed by atoms with E-state index in [1.807, 2.05) is 5.32 Å². The largest absolute Gasteiger partial charge is 0.507 e. The Kier molecular flexibility index (Phi) is 18.6. The molecule has 340 valence electrons. The topological polar surface area (TPSA) is 398 Å². The van der Waals surface area contributed by atoms with Crippen molar-refractivity contribution in [2.75, 3.05) is 24.6 Å². The molecule has 0 aliphatic heterocycles. The molecule has 0 saturated carbocycles. The van der Waals surface area contributed by atoms with Crippen molar-refractivity contribution in [1.82, 2.24) is 16.0 Å². The Morgan fingerprint density at radius 1 is 0.531 bits per heavy atom. The number of amides is 3. The van der Waals surface area contributed by atoms with Crippen LogP contribution in [0.25, 0.3) is 0 Å². The molecule has 24 nitrogen and oxygen atoms in total. The Balaban J connectivity index is 0.000000343. The first kappa shape index (κ1) is 50.7. The van der Waals surface area contributed by atoms with Crippen LogP contribution in [-0.2, 0) is 52.3 Å². The maximum atomic E-state index is 12.3. The van der Waals surface area contributed by atoms with E-state index >= 15 is 0 Å². The van der Waals surface area contributed by atoms with Crippen LogP contribution in [0.3, 0.4) is 0 Å². The molecule has 0 heterocycles. The zero-order chi connectivity index (χ0) is 47.6. The maximum Gasteiger partial charge on any atom is 0.326 e. The van der Waals surface area contributed by atoms with Gasteiger partial charge in [0, 0.05) is 13.1 Å². The predicted octanol–water partition coefficient (Wildman–Crippen LogP) is 3.06. The van der Waals surface area contributed by atoms with Crippen molar-refractivity contribution < 1.29 is 80.2 Å². The van der Waals surface area contributed by atoms with Gasteiger partial charge in [-0.1, -0.05) is 24.3 Å². The summed E-state index contributed by atoms with van der Waals surface area (Å²) in [4.78, 5) is 68.7. The number of carbonyl (C=O) groups is 6. The second-order valence-corrected chi connectivity index (χ2v) is 16.2. The van der Waals surface area contributed by atoms with Gasteiger partial charge in [0.1, 0.15) is 17.5 Å². The predicted molar refractivity (Wildman–Crippen MR) is 222 cm³/mol. The van der Waals surface area contributed by atoms with Crippen LogP contribution in [0.15, 0.2) is 105 Å². The van der Waals surface area contributed by atoms with Crippen LogP contribution in [-0.4, -0.2) is 118 Å². The van der Waals surface area contributed by atoms with Gasteiger partial charge in [-0.2, -0.15) is 37.3 Å². The smallest absolute Gasteiger partial charge is 0.326 e. The highest BCUT2D eigenvalue weighted by molar-refractivity contribution is 7.86. The van der Waals surface area contributed by atoms with Crippen LogP contribution >= 0.6 is 0 Å². The lowest BCUT2D eigenvalue weighted by atomic mass is 10.1. The molecule has 0 fully saturated rings. The molecule has 4 aromatic rings. The third-order valence-corrected chi connectivity index (χ3v) is 9.35. The second-order valence-electron chi connectivity index (χ2n) is 13.0. The molecule has 0 radical (unpaired) electrons. The molecule has 0 aliphatic carbocycles. The first-order chi connectivity index (χ1) is 30.0. The minimum atomic E-state index is -4.24. The Morgan fingerprint density at radius 2 is 0.938 bits per heavy atom. The van der Waals surface area contributed by atoms with Crippen molar-refractivity contribution in [2.24, 2.45) is 20.5 Å². The third-order valence-electron chi connectivity index (χ3n) is 7.91. The number of phenolic OH excluding ortho intramolecular Hbond substituents is 2. The lowest BCUT2D eigenvalue weighted by molar-refractivity contribution is -0.145. The number of rotatable bonds is 20. The monoisotopic (exact) mass is 929 g/mol. The molecule has 4 rings (SSSR count). The van der Waals surface area contributed by atoms with E-state index in [0.717, 1.165) is 12.1 Å². The summed E-state index contributed by atoms with van der Waals surface area (Å²) in [6.07, 6.45) is -0.983. The Labute approximate surface area is 362 Å². The van der Waals surface area contributed by atoms with E-state index in [2.05, 4.69) is 31.1 Å². The zero-order valence-corrected chi connectivity index (χ0v) is 34.6. The fourth-order valence-electron chi connectivity index (χ4n) is 4.87. The molecule has 0 aliphatic rings. The second kappa shape index (κ2) is 23.5. The van der Waals surface area contributed by atoms with E-state index < -0.39 is 85.6 Å². The highest BCUT2D eigenvalue weighted by Gasteiger charge is 2.25. The summed E-state index contributed by atoms with van der Waals surface area (Å²) < 4.78 is 60.1. The van der Waals surface area contributed by atoms with Gasteiger partial charge in [0.05, 0.1) is 64.6 Å². The molecule has 0 aromatic heterocycles. The zero-order valence-electron chi connectivity index (χ0n) is 32.9. The van der Waals surface area contributed by atoms with Crippen LogP contribution < -0.4 is 16.0 Å². The number of aliphatic carboxylic acids is 3. The van der Waals surface area contributed by atoms with Gasteiger partial charge < -0.3 is 41.5 Å². The molecule has 26 heteroatoms. The summed E-state index contributed by atoms with van der Waals surface area (Å²) in [5.74, 6) is -8.17. The molecule has 0 bridgehead atoms. The fraction of sp³-hybridized carbons (Fsp3) is 0.211. The van der Waals surface area contributed by atoms with Crippen molar-refractivity contribution in [3.05, 3.63) is 107 Å². The number of nitrogens with one attached hydrogen (secondary N) is 3. The van der Waals surface area contributed by atoms with Gasteiger partial charge in [0.25, 0.3) is 32.1 Å². The first-order valence-electron chi connectivity index (χ1n) is 18.1. The van der Waals surface area contributed by atoms with Gasteiger partial charge in [-0.05, 0) is 71.8 Å².